The van der Waals surface area contributed by atoms with Crippen LogP contribution in [0.25, 0.3) is 23.0 Å². The Hall–Kier alpha value is -3.43. The second kappa shape index (κ2) is 8.07. The summed E-state index contributed by atoms with van der Waals surface area (Å²) >= 11 is 0. The van der Waals surface area contributed by atoms with E-state index in [0.717, 1.165) is 48.7 Å². The number of aromatic nitrogens is 2. The molecule has 0 spiro atoms. The third kappa shape index (κ3) is 3.95. The Morgan fingerprint density at radius 3 is 2.46 bits per heavy atom. The van der Waals surface area contributed by atoms with Crippen LogP contribution in [0.4, 0.5) is 5.69 Å². The SMILES string of the molecule is Cc1ccc(-c2noc(/C(C#N)=C/c3ccc(N4CCOCC4)cc3)n2)cc1. The second-order valence-electron chi connectivity index (χ2n) is 6.65. The van der Waals surface area contributed by atoms with Gasteiger partial charge in [-0.3, -0.25) is 0 Å². The van der Waals surface area contributed by atoms with E-state index in [1.54, 1.807) is 6.08 Å². The molecule has 6 nitrogen and oxygen atoms in total. The monoisotopic (exact) mass is 372 g/mol. The summed E-state index contributed by atoms with van der Waals surface area (Å²) in [7, 11) is 0. The molecule has 1 aromatic heterocycles. The Morgan fingerprint density at radius 2 is 1.79 bits per heavy atom. The Morgan fingerprint density at radius 1 is 1.07 bits per heavy atom. The molecule has 4 rings (SSSR count). The predicted molar refractivity (Wildman–Crippen MR) is 107 cm³/mol. The quantitative estimate of drug-likeness (QED) is 0.646. The molecule has 0 bridgehead atoms. The average molecular weight is 372 g/mol. The van der Waals surface area contributed by atoms with E-state index in [9.17, 15) is 5.26 Å². The van der Waals surface area contributed by atoms with Crippen LogP contribution in [0.15, 0.2) is 53.1 Å². The van der Waals surface area contributed by atoms with Crippen molar-refractivity contribution in [3.63, 3.8) is 0 Å². The normalized spacial score (nSPS) is 14.7. The van der Waals surface area contributed by atoms with Gasteiger partial charge in [0.2, 0.25) is 5.82 Å². The molecular formula is C22H20N4O2. The van der Waals surface area contributed by atoms with Crippen molar-refractivity contribution in [1.29, 1.82) is 5.26 Å². The Bertz CT molecular complexity index is 1010. The summed E-state index contributed by atoms with van der Waals surface area (Å²) in [5, 5.41) is 13.6. The Balaban J connectivity index is 1.54. The molecule has 1 aliphatic heterocycles. The van der Waals surface area contributed by atoms with E-state index in [-0.39, 0.29) is 5.89 Å². The van der Waals surface area contributed by atoms with E-state index < -0.39 is 0 Å². The van der Waals surface area contributed by atoms with E-state index in [1.807, 2.05) is 43.3 Å². The number of nitriles is 1. The zero-order valence-corrected chi connectivity index (χ0v) is 15.6. The van der Waals surface area contributed by atoms with Crippen molar-refractivity contribution < 1.29 is 9.26 Å². The van der Waals surface area contributed by atoms with E-state index in [2.05, 4.69) is 33.2 Å². The van der Waals surface area contributed by atoms with Gasteiger partial charge in [0.25, 0.3) is 5.89 Å². The zero-order valence-electron chi connectivity index (χ0n) is 15.6. The van der Waals surface area contributed by atoms with Crippen LogP contribution in [0.3, 0.4) is 0 Å². The number of ether oxygens (including phenoxy) is 1. The number of morpholine rings is 1. The van der Waals surface area contributed by atoms with Crippen molar-refractivity contribution in [2.75, 3.05) is 31.2 Å². The fourth-order valence-corrected chi connectivity index (χ4v) is 3.06. The summed E-state index contributed by atoms with van der Waals surface area (Å²) in [5.74, 6) is 0.689. The van der Waals surface area contributed by atoms with Gasteiger partial charge in [-0.25, -0.2) is 0 Å². The molecule has 0 unspecified atom stereocenters. The minimum Gasteiger partial charge on any atom is -0.378 e. The topological polar surface area (TPSA) is 75.2 Å². The van der Waals surface area contributed by atoms with Gasteiger partial charge in [-0.05, 0) is 30.7 Å². The fourth-order valence-electron chi connectivity index (χ4n) is 3.06. The summed E-state index contributed by atoms with van der Waals surface area (Å²) in [5.41, 5.74) is 4.41. The number of allylic oxidation sites excluding steroid dienone is 1. The van der Waals surface area contributed by atoms with Crippen LogP contribution in [0.2, 0.25) is 0 Å². The molecule has 28 heavy (non-hydrogen) atoms. The number of hydrogen-bond acceptors (Lipinski definition) is 6. The average Bonchev–Trinajstić information content (AvgIpc) is 3.23. The van der Waals surface area contributed by atoms with Gasteiger partial charge in [-0.2, -0.15) is 10.2 Å². The summed E-state index contributed by atoms with van der Waals surface area (Å²) in [6.45, 7) is 5.30. The molecule has 0 aliphatic carbocycles. The van der Waals surface area contributed by atoms with Crippen molar-refractivity contribution in [2.45, 2.75) is 6.92 Å². The lowest BCUT2D eigenvalue weighted by Gasteiger charge is -2.28. The number of nitrogens with zero attached hydrogens (tertiary/aromatic N) is 4. The maximum atomic E-state index is 9.55. The first-order valence-electron chi connectivity index (χ1n) is 9.18. The number of benzene rings is 2. The van der Waals surface area contributed by atoms with Gasteiger partial charge in [0.15, 0.2) is 0 Å². The first-order chi connectivity index (χ1) is 13.7. The number of hydrogen-bond donors (Lipinski definition) is 0. The number of rotatable bonds is 4. The molecule has 2 heterocycles. The minimum absolute atomic E-state index is 0.218. The number of aryl methyl sites for hydroxylation is 1. The van der Waals surface area contributed by atoms with E-state index >= 15 is 0 Å². The predicted octanol–water partition coefficient (Wildman–Crippen LogP) is 3.95. The second-order valence-corrected chi connectivity index (χ2v) is 6.65. The lowest BCUT2D eigenvalue weighted by Crippen LogP contribution is -2.36. The van der Waals surface area contributed by atoms with Crippen LogP contribution >= 0.6 is 0 Å². The van der Waals surface area contributed by atoms with E-state index in [4.69, 9.17) is 9.26 Å². The van der Waals surface area contributed by atoms with Gasteiger partial charge in [0, 0.05) is 24.3 Å². The van der Waals surface area contributed by atoms with Gasteiger partial charge in [-0.15, -0.1) is 0 Å². The molecule has 2 aromatic carbocycles. The summed E-state index contributed by atoms with van der Waals surface area (Å²) < 4.78 is 10.7. The maximum absolute atomic E-state index is 9.55. The van der Waals surface area contributed by atoms with Gasteiger partial charge in [0.05, 0.1) is 13.2 Å². The highest BCUT2D eigenvalue weighted by atomic mass is 16.5. The van der Waals surface area contributed by atoms with Crippen molar-refractivity contribution >= 4 is 17.3 Å². The van der Waals surface area contributed by atoms with Crippen LogP contribution < -0.4 is 4.90 Å². The third-order valence-electron chi connectivity index (χ3n) is 4.67. The lowest BCUT2D eigenvalue weighted by atomic mass is 10.1. The molecule has 140 valence electrons. The number of anilines is 1. The first kappa shape index (κ1) is 18.0. The van der Waals surface area contributed by atoms with Crippen LogP contribution in [-0.4, -0.2) is 36.4 Å². The third-order valence-corrected chi connectivity index (χ3v) is 4.67. The highest BCUT2D eigenvalue weighted by molar-refractivity contribution is 5.87. The molecule has 1 saturated heterocycles. The summed E-state index contributed by atoms with van der Waals surface area (Å²) in [4.78, 5) is 6.66. The molecule has 6 heteroatoms. The van der Waals surface area contributed by atoms with Gasteiger partial charge in [0.1, 0.15) is 11.6 Å². The van der Waals surface area contributed by atoms with E-state index in [1.165, 1.54) is 0 Å². The molecule has 0 N–H and O–H groups in total. The highest BCUT2D eigenvalue weighted by Gasteiger charge is 2.14. The van der Waals surface area contributed by atoms with Crippen LogP contribution in [0, 0.1) is 18.3 Å². The molecule has 0 radical (unpaired) electrons. The van der Waals surface area contributed by atoms with Gasteiger partial charge in [-0.1, -0.05) is 47.1 Å². The molecule has 3 aromatic rings. The van der Waals surface area contributed by atoms with Crippen molar-refractivity contribution in [3.8, 4) is 17.5 Å². The largest absolute Gasteiger partial charge is 0.378 e. The molecule has 1 fully saturated rings. The molecular weight excluding hydrogens is 352 g/mol. The van der Waals surface area contributed by atoms with Crippen LogP contribution in [0.5, 0.6) is 0 Å². The van der Waals surface area contributed by atoms with Gasteiger partial charge >= 0.3 is 0 Å². The molecule has 1 aliphatic rings. The fraction of sp³-hybridized carbons (Fsp3) is 0.227. The summed E-state index contributed by atoms with van der Waals surface area (Å²) in [6.07, 6.45) is 1.76. The molecule has 0 amide bonds. The van der Waals surface area contributed by atoms with Crippen LogP contribution in [-0.2, 0) is 4.74 Å². The first-order valence-corrected chi connectivity index (χ1v) is 9.18. The van der Waals surface area contributed by atoms with Crippen molar-refractivity contribution in [2.24, 2.45) is 0 Å². The molecule has 0 atom stereocenters. The minimum atomic E-state index is 0.218. The smallest absolute Gasteiger partial charge is 0.268 e. The summed E-state index contributed by atoms with van der Waals surface area (Å²) in [6, 6.07) is 18.1. The zero-order chi connectivity index (χ0) is 19.3. The molecule has 0 saturated carbocycles. The van der Waals surface area contributed by atoms with Gasteiger partial charge < -0.3 is 14.2 Å². The Kier molecular flexibility index (Phi) is 5.18. The standard InChI is InChI=1S/C22H20N4O2/c1-16-2-6-18(7-3-16)21-24-22(28-25-21)19(15-23)14-17-4-8-20(9-5-17)26-10-12-27-13-11-26/h2-9,14H,10-13H2,1H3/b19-14+. The Labute approximate surface area is 163 Å². The van der Waals surface area contributed by atoms with Crippen LogP contribution in [0.1, 0.15) is 17.0 Å². The highest BCUT2D eigenvalue weighted by Crippen LogP contribution is 2.23. The van der Waals surface area contributed by atoms with Crippen molar-refractivity contribution in [3.05, 3.63) is 65.5 Å². The lowest BCUT2D eigenvalue weighted by molar-refractivity contribution is 0.122. The van der Waals surface area contributed by atoms with E-state index in [0.29, 0.717) is 11.4 Å². The van der Waals surface area contributed by atoms with Crippen molar-refractivity contribution in [1.82, 2.24) is 10.1 Å². The maximum Gasteiger partial charge on any atom is 0.268 e.